The fraction of sp³-hybridized carbons (Fsp3) is 0.409. The fourth-order valence-corrected chi connectivity index (χ4v) is 8.00. The number of fused-ring (bicyclic) bond motifs is 1. The second kappa shape index (κ2) is 10.8. The van der Waals surface area contributed by atoms with Gasteiger partial charge in [-0.15, -0.1) is 11.3 Å². The first kappa shape index (κ1) is 25.8. The molecule has 9 nitrogen and oxygen atoms in total. The van der Waals surface area contributed by atoms with Gasteiger partial charge in [0, 0.05) is 19.0 Å². The SMILES string of the molecule is CCOc1ccc2c(c1)sc(=NC(=O)C1CCN(S(=O)(=O)c3ccc(Cl)s3)CC1)n2CC(=O)OC. The van der Waals surface area contributed by atoms with Crippen molar-refractivity contribution in [1.82, 2.24) is 8.87 Å². The summed E-state index contributed by atoms with van der Waals surface area (Å²) in [5.41, 5.74) is 0.742. The van der Waals surface area contributed by atoms with Crippen molar-refractivity contribution >= 4 is 66.4 Å². The van der Waals surface area contributed by atoms with E-state index in [-0.39, 0.29) is 29.8 Å². The van der Waals surface area contributed by atoms with E-state index in [1.807, 2.05) is 19.1 Å². The van der Waals surface area contributed by atoms with Gasteiger partial charge in [-0.1, -0.05) is 22.9 Å². The van der Waals surface area contributed by atoms with Crippen LogP contribution in [-0.4, -0.2) is 56.0 Å². The lowest BCUT2D eigenvalue weighted by Gasteiger charge is -2.29. The van der Waals surface area contributed by atoms with Crippen LogP contribution in [0.1, 0.15) is 19.8 Å². The van der Waals surface area contributed by atoms with Crippen LogP contribution >= 0.6 is 34.3 Å². The highest BCUT2D eigenvalue weighted by molar-refractivity contribution is 7.91. The van der Waals surface area contributed by atoms with Crippen molar-refractivity contribution in [1.29, 1.82) is 0 Å². The number of nitrogens with zero attached hydrogens (tertiary/aromatic N) is 3. The number of hydrogen-bond donors (Lipinski definition) is 0. The molecule has 0 unspecified atom stereocenters. The second-order valence-corrected chi connectivity index (χ2v) is 12.7. The van der Waals surface area contributed by atoms with Gasteiger partial charge in [-0.05, 0) is 50.1 Å². The average Bonchev–Trinajstić information content (AvgIpc) is 3.43. The number of piperidine rings is 1. The van der Waals surface area contributed by atoms with Crippen LogP contribution in [0, 0.1) is 5.92 Å². The number of carbonyl (C=O) groups excluding carboxylic acids is 2. The summed E-state index contributed by atoms with van der Waals surface area (Å²) >= 11 is 8.19. The summed E-state index contributed by atoms with van der Waals surface area (Å²) in [5.74, 6) is -0.523. The van der Waals surface area contributed by atoms with Crippen LogP contribution in [-0.2, 0) is 30.9 Å². The molecule has 1 saturated heterocycles. The maximum Gasteiger partial charge on any atom is 0.325 e. The zero-order valence-corrected chi connectivity index (χ0v) is 22.3. The standard InChI is InChI=1S/C22H24ClN3O6S3/c1-3-32-15-4-5-16-17(12-15)33-22(26(16)13-19(27)31-2)24-21(28)14-8-10-25(11-9-14)35(29,30)20-7-6-18(23)34-20/h4-7,12,14H,3,8-11,13H2,1-2H3. The van der Waals surface area contributed by atoms with Gasteiger partial charge in [-0.25, -0.2) is 8.42 Å². The van der Waals surface area contributed by atoms with E-state index in [0.717, 1.165) is 21.6 Å². The molecule has 0 bridgehead atoms. The number of benzene rings is 1. The zero-order valence-electron chi connectivity index (χ0n) is 19.1. The minimum atomic E-state index is -3.64. The topological polar surface area (TPSA) is 107 Å². The minimum absolute atomic E-state index is 0.0867. The summed E-state index contributed by atoms with van der Waals surface area (Å²) in [7, 11) is -2.33. The van der Waals surface area contributed by atoms with E-state index < -0.39 is 21.9 Å². The van der Waals surface area contributed by atoms with Gasteiger partial charge >= 0.3 is 5.97 Å². The maximum atomic E-state index is 13.1. The Morgan fingerprint density at radius 3 is 2.54 bits per heavy atom. The van der Waals surface area contributed by atoms with Crippen LogP contribution in [0.15, 0.2) is 39.5 Å². The molecule has 1 aliphatic heterocycles. The lowest BCUT2D eigenvalue weighted by Crippen LogP contribution is -2.40. The van der Waals surface area contributed by atoms with Crippen LogP contribution in [0.25, 0.3) is 10.2 Å². The van der Waals surface area contributed by atoms with E-state index in [4.69, 9.17) is 21.1 Å². The van der Waals surface area contributed by atoms with E-state index in [1.165, 1.54) is 28.8 Å². The number of thiophene rings is 1. The molecule has 0 N–H and O–H groups in total. The summed E-state index contributed by atoms with van der Waals surface area (Å²) in [4.78, 5) is 29.8. The van der Waals surface area contributed by atoms with Crippen LogP contribution in [0.3, 0.4) is 0 Å². The molecule has 1 fully saturated rings. The predicted molar refractivity (Wildman–Crippen MR) is 134 cm³/mol. The van der Waals surface area contributed by atoms with Crippen LogP contribution < -0.4 is 9.54 Å². The third-order valence-electron chi connectivity index (χ3n) is 5.63. The number of esters is 1. The Kier molecular flexibility index (Phi) is 7.96. The zero-order chi connectivity index (χ0) is 25.2. The highest BCUT2D eigenvalue weighted by atomic mass is 35.5. The number of hydrogen-bond acceptors (Lipinski definition) is 8. The van der Waals surface area contributed by atoms with Crippen molar-refractivity contribution in [3.05, 3.63) is 39.5 Å². The van der Waals surface area contributed by atoms with Crippen LogP contribution in [0.2, 0.25) is 4.34 Å². The lowest BCUT2D eigenvalue weighted by molar-refractivity contribution is -0.141. The second-order valence-electron chi connectivity index (χ2n) is 7.80. The van der Waals surface area contributed by atoms with E-state index >= 15 is 0 Å². The molecule has 0 radical (unpaired) electrons. The van der Waals surface area contributed by atoms with E-state index in [2.05, 4.69) is 4.99 Å². The minimum Gasteiger partial charge on any atom is -0.494 e. The van der Waals surface area contributed by atoms with Crippen LogP contribution in [0.5, 0.6) is 5.75 Å². The van der Waals surface area contributed by atoms with E-state index in [9.17, 15) is 18.0 Å². The average molecular weight is 558 g/mol. The highest BCUT2D eigenvalue weighted by Gasteiger charge is 2.33. The van der Waals surface area contributed by atoms with Crippen LogP contribution in [0.4, 0.5) is 0 Å². The molecule has 0 aliphatic carbocycles. The molecule has 4 rings (SSSR count). The molecule has 1 aromatic carbocycles. The Morgan fingerprint density at radius 1 is 1.17 bits per heavy atom. The number of methoxy groups -OCH3 is 1. The van der Waals surface area contributed by atoms with Gasteiger partial charge in [0.1, 0.15) is 16.5 Å². The van der Waals surface area contributed by atoms with Gasteiger partial charge < -0.3 is 14.0 Å². The molecule has 13 heteroatoms. The van der Waals surface area contributed by atoms with Crippen molar-refractivity contribution in [3.63, 3.8) is 0 Å². The first-order valence-electron chi connectivity index (χ1n) is 10.9. The van der Waals surface area contributed by atoms with Gasteiger partial charge in [-0.3, -0.25) is 9.59 Å². The molecule has 188 valence electrons. The third kappa shape index (κ3) is 5.61. The normalized spacial score (nSPS) is 16.0. The van der Waals surface area contributed by atoms with Crippen molar-refractivity contribution in [2.45, 2.75) is 30.5 Å². The molecule has 0 saturated carbocycles. The Bertz CT molecular complexity index is 1420. The molecular formula is C22H24ClN3O6S3. The summed E-state index contributed by atoms with van der Waals surface area (Å²) in [6.07, 6.45) is 0.716. The molecule has 1 aliphatic rings. The Morgan fingerprint density at radius 2 is 1.91 bits per heavy atom. The molecule has 0 atom stereocenters. The fourth-order valence-electron chi connectivity index (χ4n) is 3.83. The molecule has 35 heavy (non-hydrogen) atoms. The number of carbonyl (C=O) groups is 2. The molecule has 3 aromatic rings. The number of amides is 1. The Hall–Kier alpha value is -2.25. The lowest BCUT2D eigenvalue weighted by atomic mass is 9.98. The number of thiazole rings is 1. The van der Waals surface area contributed by atoms with Gasteiger partial charge in [0.05, 0.1) is 28.3 Å². The molecule has 0 spiro atoms. The van der Waals surface area contributed by atoms with E-state index in [1.54, 1.807) is 16.7 Å². The Balaban J connectivity index is 1.56. The summed E-state index contributed by atoms with van der Waals surface area (Å²) in [5, 5.41) is 0. The number of aromatic nitrogens is 1. The molecular weight excluding hydrogens is 534 g/mol. The van der Waals surface area contributed by atoms with E-state index in [0.29, 0.717) is 34.3 Å². The number of rotatable bonds is 7. The smallest absolute Gasteiger partial charge is 0.325 e. The quantitative estimate of drug-likeness (QED) is 0.411. The molecule has 2 aromatic heterocycles. The first-order valence-corrected chi connectivity index (χ1v) is 14.3. The largest absolute Gasteiger partial charge is 0.494 e. The molecule has 3 heterocycles. The first-order chi connectivity index (χ1) is 16.7. The van der Waals surface area contributed by atoms with Gasteiger partial charge in [0.25, 0.3) is 15.9 Å². The predicted octanol–water partition coefficient (Wildman–Crippen LogP) is 3.52. The number of halogens is 1. The number of sulfonamides is 1. The summed E-state index contributed by atoms with van der Waals surface area (Å²) < 4.78 is 40.5. The van der Waals surface area contributed by atoms with Crippen molar-refractivity contribution < 1.29 is 27.5 Å². The van der Waals surface area contributed by atoms with Gasteiger partial charge in [0.2, 0.25) is 0 Å². The van der Waals surface area contributed by atoms with Gasteiger partial charge in [0.15, 0.2) is 4.80 Å². The summed E-state index contributed by atoms with van der Waals surface area (Å²) in [6.45, 7) is 2.76. The van der Waals surface area contributed by atoms with Gasteiger partial charge in [-0.2, -0.15) is 9.30 Å². The number of ether oxygens (including phenoxy) is 2. The van der Waals surface area contributed by atoms with Crippen molar-refractivity contribution in [2.75, 3.05) is 26.8 Å². The van der Waals surface area contributed by atoms with Crippen molar-refractivity contribution in [2.24, 2.45) is 10.9 Å². The monoisotopic (exact) mass is 557 g/mol. The van der Waals surface area contributed by atoms with Crippen molar-refractivity contribution in [3.8, 4) is 5.75 Å². The summed E-state index contributed by atoms with van der Waals surface area (Å²) in [6, 6.07) is 8.52. The Labute approximate surface area is 215 Å². The highest BCUT2D eigenvalue weighted by Crippen LogP contribution is 2.31. The maximum absolute atomic E-state index is 13.1. The molecule has 1 amide bonds. The third-order valence-corrected chi connectivity index (χ3v) is 10.3.